The summed E-state index contributed by atoms with van der Waals surface area (Å²) in [6.07, 6.45) is 2.36. The number of para-hydroxylation sites is 2. The Balaban J connectivity index is 1.95. The Bertz CT molecular complexity index is 1240. The lowest BCUT2D eigenvalue weighted by molar-refractivity contribution is -0.120. The number of hydrogen-bond acceptors (Lipinski definition) is 6. The Morgan fingerprint density at radius 1 is 0.971 bits per heavy atom. The van der Waals surface area contributed by atoms with Crippen LogP contribution >= 0.6 is 0 Å². The fourth-order valence-corrected chi connectivity index (χ4v) is 3.55. The summed E-state index contributed by atoms with van der Waals surface area (Å²) in [5.74, 6) is 0.409. The van der Waals surface area contributed by atoms with Crippen molar-refractivity contribution in [2.75, 3.05) is 23.8 Å². The highest BCUT2D eigenvalue weighted by molar-refractivity contribution is 5.96. The third-order valence-electron chi connectivity index (χ3n) is 5.37. The SMILES string of the molecule is CCCCn1c(N)c(N(Cc2ccccc2)C(=O)COc2ccccc2OCCC)c(=O)[nH]c1=O. The van der Waals surface area contributed by atoms with E-state index in [4.69, 9.17) is 15.2 Å². The fourth-order valence-electron chi connectivity index (χ4n) is 3.55. The molecule has 0 fully saturated rings. The molecule has 0 unspecified atom stereocenters. The first-order valence-corrected chi connectivity index (χ1v) is 11.8. The molecule has 0 bridgehead atoms. The van der Waals surface area contributed by atoms with Crippen molar-refractivity contribution in [1.29, 1.82) is 0 Å². The van der Waals surface area contributed by atoms with E-state index in [-0.39, 0.29) is 24.7 Å². The molecule has 2 aromatic carbocycles. The van der Waals surface area contributed by atoms with Crippen LogP contribution in [-0.4, -0.2) is 28.7 Å². The number of anilines is 2. The van der Waals surface area contributed by atoms with E-state index in [0.717, 1.165) is 18.4 Å². The van der Waals surface area contributed by atoms with E-state index in [1.807, 2.05) is 50.2 Å². The van der Waals surface area contributed by atoms with Crippen LogP contribution < -0.4 is 31.4 Å². The maximum Gasteiger partial charge on any atom is 0.330 e. The number of hydrogen-bond donors (Lipinski definition) is 2. The fraction of sp³-hybridized carbons (Fsp3) is 0.346. The van der Waals surface area contributed by atoms with Gasteiger partial charge in [0, 0.05) is 6.54 Å². The molecule has 1 heterocycles. The minimum absolute atomic E-state index is 0.0526. The zero-order valence-electron chi connectivity index (χ0n) is 20.2. The second-order valence-corrected chi connectivity index (χ2v) is 8.05. The van der Waals surface area contributed by atoms with Crippen molar-refractivity contribution in [2.45, 2.75) is 46.2 Å². The van der Waals surface area contributed by atoms with Crippen molar-refractivity contribution in [3.05, 3.63) is 81.0 Å². The number of rotatable bonds is 12. The van der Waals surface area contributed by atoms with E-state index >= 15 is 0 Å². The normalized spacial score (nSPS) is 10.7. The van der Waals surface area contributed by atoms with Gasteiger partial charge in [-0.15, -0.1) is 0 Å². The Morgan fingerprint density at radius 2 is 1.63 bits per heavy atom. The molecule has 0 spiro atoms. The number of unbranched alkanes of at least 4 members (excludes halogenated alkanes) is 1. The Morgan fingerprint density at radius 3 is 2.29 bits per heavy atom. The Hall–Kier alpha value is -4.01. The quantitative estimate of drug-likeness (QED) is 0.410. The van der Waals surface area contributed by atoms with Gasteiger partial charge < -0.3 is 15.2 Å². The predicted molar refractivity (Wildman–Crippen MR) is 136 cm³/mol. The molecule has 0 aliphatic carbocycles. The van der Waals surface area contributed by atoms with Gasteiger partial charge >= 0.3 is 5.69 Å². The zero-order chi connectivity index (χ0) is 25.2. The largest absolute Gasteiger partial charge is 0.490 e. The third-order valence-corrected chi connectivity index (χ3v) is 5.37. The number of aromatic amines is 1. The van der Waals surface area contributed by atoms with Crippen molar-refractivity contribution >= 4 is 17.4 Å². The minimum atomic E-state index is -0.726. The lowest BCUT2D eigenvalue weighted by atomic mass is 10.2. The van der Waals surface area contributed by atoms with Gasteiger partial charge in [-0.2, -0.15) is 0 Å². The van der Waals surface area contributed by atoms with Crippen molar-refractivity contribution in [1.82, 2.24) is 9.55 Å². The van der Waals surface area contributed by atoms with Gasteiger partial charge in [-0.3, -0.25) is 24.0 Å². The highest BCUT2D eigenvalue weighted by Gasteiger charge is 2.25. The number of benzene rings is 2. The van der Waals surface area contributed by atoms with E-state index in [1.165, 1.54) is 9.47 Å². The summed E-state index contributed by atoms with van der Waals surface area (Å²) < 4.78 is 12.8. The van der Waals surface area contributed by atoms with Crippen molar-refractivity contribution < 1.29 is 14.3 Å². The second kappa shape index (κ2) is 12.5. The van der Waals surface area contributed by atoms with Gasteiger partial charge in [-0.05, 0) is 30.5 Å². The van der Waals surface area contributed by atoms with Gasteiger partial charge in [0.25, 0.3) is 11.5 Å². The molecule has 3 N–H and O–H groups in total. The van der Waals surface area contributed by atoms with Crippen molar-refractivity contribution in [3.63, 3.8) is 0 Å². The number of aromatic nitrogens is 2. The van der Waals surface area contributed by atoms with Crippen LogP contribution in [0.1, 0.15) is 38.7 Å². The number of carbonyl (C=O) groups is 1. The van der Waals surface area contributed by atoms with Crippen LogP contribution in [0.5, 0.6) is 11.5 Å². The minimum Gasteiger partial charge on any atom is -0.490 e. The number of carbonyl (C=O) groups excluding carboxylic acids is 1. The molecule has 3 aromatic rings. The average molecular weight is 481 g/mol. The number of ether oxygens (including phenoxy) is 2. The van der Waals surface area contributed by atoms with Gasteiger partial charge in [0.05, 0.1) is 13.2 Å². The summed E-state index contributed by atoms with van der Waals surface area (Å²) in [5, 5.41) is 0. The Kier molecular flexibility index (Phi) is 9.11. The first-order valence-electron chi connectivity index (χ1n) is 11.8. The highest BCUT2D eigenvalue weighted by Crippen LogP contribution is 2.27. The molecule has 0 aliphatic heterocycles. The standard InChI is InChI=1S/C26H32N4O5/c1-3-5-15-29-24(27)23(25(32)28-26(29)33)30(17-19-11-7-6-8-12-19)22(31)18-35-21-14-10-9-13-20(21)34-16-4-2/h6-14H,3-5,15-18,27H2,1-2H3,(H,28,32,33). The smallest absolute Gasteiger partial charge is 0.330 e. The molecular weight excluding hydrogens is 448 g/mol. The molecule has 35 heavy (non-hydrogen) atoms. The van der Waals surface area contributed by atoms with Crippen LogP contribution in [0.2, 0.25) is 0 Å². The summed E-state index contributed by atoms with van der Waals surface area (Å²) in [4.78, 5) is 42.2. The molecule has 3 rings (SSSR count). The van der Waals surface area contributed by atoms with Gasteiger partial charge in [0.1, 0.15) is 5.82 Å². The summed E-state index contributed by atoms with van der Waals surface area (Å²) in [5.41, 5.74) is 5.68. The van der Waals surface area contributed by atoms with Crippen molar-refractivity contribution in [3.8, 4) is 11.5 Å². The molecular formula is C26H32N4O5. The van der Waals surface area contributed by atoms with E-state index in [0.29, 0.717) is 31.1 Å². The van der Waals surface area contributed by atoms with Gasteiger partial charge in [0.2, 0.25) is 0 Å². The number of nitrogens with one attached hydrogen (secondary N) is 1. The number of nitrogens with zero attached hydrogens (tertiary/aromatic N) is 2. The maximum absolute atomic E-state index is 13.4. The summed E-state index contributed by atoms with van der Waals surface area (Å²) in [7, 11) is 0. The van der Waals surface area contributed by atoms with Gasteiger partial charge in [0.15, 0.2) is 23.8 Å². The molecule has 1 amide bonds. The highest BCUT2D eigenvalue weighted by atomic mass is 16.5. The molecule has 0 saturated heterocycles. The van der Waals surface area contributed by atoms with Crippen LogP contribution in [0.15, 0.2) is 64.2 Å². The van der Waals surface area contributed by atoms with Gasteiger partial charge in [-0.25, -0.2) is 4.79 Å². The van der Waals surface area contributed by atoms with Crippen LogP contribution in [0.4, 0.5) is 11.5 Å². The summed E-state index contributed by atoms with van der Waals surface area (Å²) in [6, 6.07) is 16.3. The molecule has 186 valence electrons. The topological polar surface area (TPSA) is 120 Å². The lowest BCUT2D eigenvalue weighted by Crippen LogP contribution is -2.42. The monoisotopic (exact) mass is 480 g/mol. The van der Waals surface area contributed by atoms with Gasteiger partial charge in [-0.1, -0.05) is 62.7 Å². The van der Waals surface area contributed by atoms with Crippen molar-refractivity contribution in [2.24, 2.45) is 0 Å². The molecule has 9 nitrogen and oxygen atoms in total. The number of amides is 1. The van der Waals surface area contributed by atoms with Crippen LogP contribution in [0.3, 0.4) is 0 Å². The molecule has 0 aliphatic rings. The lowest BCUT2D eigenvalue weighted by Gasteiger charge is -2.25. The van der Waals surface area contributed by atoms with E-state index in [1.54, 1.807) is 18.2 Å². The predicted octanol–water partition coefficient (Wildman–Crippen LogP) is 3.32. The third kappa shape index (κ3) is 6.53. The summed E-state index contributed by atoms with van der Waals surface area (Å²) >= 11 is 0. The second-order valence-electron chi connectivity index (χ2n) is 8.05. The molecule has 1 aromatic heterocycles. The Labute approximate surface area is 204 Å². The first-order chi connectivity index (χ1) is 17.0. The number of nitrogens with two attached hydrogens (primary N) is 1. The first kappa shape index (κ1) is 25.6. The molecule has 9 heteroatoms. The summed E-state index contributed by atoms with van der Waals surface area (Å²) in [6.45, 7) is 4.55. The molecule has 0 saturated carbocycles. The maximum atomic E-state index is 13.4. The van der Waals surface area contributed by atoms with Crippen LogP contribution in [0.25, 0.3) is 0 Å². The molecule has 0 atom stereocenters. The zero-order valence-corrected chi connectivity index (χ0v) is 20.2. The van der Waals surface area contributed by atoms with E-state index in [2.05, 4.69) is 4.98 Å². The van der Waals surface area contributed by atoms with Crippen LogP contribution in [-0.2, 0) is 17.9 Å². The number of H-pyrrole nitrogens is 1. The van der Waals surface area contributed by atoms with Crippen LogP contribution in [0, 0.1) is 0 Å². The molecule has 0 radical (unpaired) electrons. The van der Waals surface area contributed by atoms with E-state index in [9.17, 15) is 14.4 Å². The number of nitrogen functional groups attached to an aromatic ring is 1. The van der Waals surface area contributed by atoms with E-state index < -0.39 is 17.2 Å². The average Bonchev–Trinajstić information content (AvgIpc) is 2.86.